The van der Waals surface area contributed by atoms with Gasteiger partial charge in [0, 0.05) is 57.3 Å². The zero-order chi connectivity index (χ0) is 22.6. The number of hydrogen-bond acceptors (Lipinski definition) is 8. The third-order valence-corrected chi connectivity index (χ3v) is 6.65. The monoisotopic (exact) mass is 529 g/mol. The molecule has 0 aromatic carbocycles. The lowest BCUT2D eigenvalue weighted by Gasteiger charge is -2.31. The molecular formula is C23H25BrClN7O. The van der Waals surface area contributed by atoms with E-state index in [1.54, 1.807) is 12.4 Å². The molecular weight excluding hydrogens is 506 g/mol. The van der Waals surface area contributed by atoms with Crippen molar-refractivity contribution in [1.82, 2.24) is 24.8 Å². The number of nitrogens with zero attached hydrogens (tertiary/aromatic N) is 6. The molecule has 8 nitrogen and oxygen atoms in total. The Morgan fingerprint density at radius 3 is 2.76 bits per heavy atom. The van der Waals surface area contributed by atoms with E-state index in [1.807, 2.05) is 24.3 Å². The smallest absolute Gasteiger partial charge is 0.147 e. The lowest BCUT2D eigenvalue weighted by atomic mass is 10.1. The van der Waals surface area contributed by atoms with Crippen LogP contribution in [0.4, 0.5) is 17.3 Å². The molecule has 3 aromatic heterocycles. The average Bonchev–Trinajstić information content (AvgIpc) is 2.85. The first-order valence-corrected chi connectivity index (χ1v) is 12.3. The van der Waals surface area contributed by atoms with Crippen molar-refractivity contribution in [3.63, 3.8) is 0 Å². The molecule has 1 N–H and O–H groups in total. The second-order valence-corrected chi connectivity index (χ2v) is 9.31. The van der Waals surface area contributed by atoms with Crippen molar-refractivity contribution in [2.24, 2.45) is 0 Å². The Hall–Kier alpha value is -2.33. The number of morpholine rings is 1. The van der Waals surface area contributed by atoms with Gasteiger partial charge in [0.2, 0.25) is 0 Å². The highest BCUT2D eigenvalue weighted by Crippen LogP contribution is 2.31. The van der Waals surface area contributed by atoms with Crippen molar-refractivity contribution in [3.8, 4) is 0 Å². The van der Waals surface area contributed by atoms with Crippen molar-refractivity contribution in [3.05, 3.63) is 63.4 Å². The van der Waals surface area contributed by atoms with Gasteiger partial charge >= 0.3 is 0 Å². The Labute approximate surface area is 206 Å². The standard InChI is InChI=1S/C23H25BrClN7O/c24-20-4-3-16(14-27-20)28-22-17-15-32(23-18(25)2-1-7-26-23)9-5-19(17)29-21(30-22)6-8-31-10-12-33-13-11-31/h1-4,7,14H,5-6,8-13,15H2,(H,28,29,30). The molecule has 0 bridgehead atoms. The summed E-state index contributed by atoms with van der Waals surface area (Å²) in [5, 5.41) is 4.12. The topological polar surface area (TPSA) is 79.3 Å². The molecule has 0 saturated carbocycles. The normalized spacial score (nSPS) is 16.5. The van der Waals surface area contributed by atoms with Crippen LogP contribution in [0, 0.1) is 0 Å². The SMILES string of the molecule is Clc1cccnc1N1CCc2nc(CCN3CCOCC3)nc(Nc3ccc(Br)nc3)c2C1. The van der Waals surface area contributed by atoms with Crippen LogP contribution in [0.1, 0.15) is 17.1 Å². The number of hydrogen-bond donors (Lipinski definition) is 1. The second-order valence-electron chi connectivity index (χ2n) is 8.09. The third kappa shape index (κ3) is 5.43. The molecule has 3 aromatic rings. The predicted octanol–water partition coefficient (Wildman–Crippen LogP) is 3.86. The molecule has 0 radical (unpaired) electrons. The fourth-order valence-electron chi connectivity index (χ4n) is 4.14. The molecule has 5 rings (SSSR count). The van der Waals surface area contributed by atoms with Gasteiger partial charge in [0.15, 0.2) is 0 Å². The second kappa shape index (κ2) is 10.3. The van der Waals surface area contributed by atoms with Crippen LogP contribution in [0.25, 0.3) is 0 Å². The predicted molar refractivity (Wildman–Crippen MR) is 132 cm³/mol. The first kappa shape index (κ1) is 22.5. The van der Waals surface area contributed by atoms with E-state index < -0.39 is 0 Å². The van der Waals surface area contributed by atoms with Crippen LogP contribution in [0.15, 0.2) is 41.3 Å². The van der Waals surface area contributed by atoms with Crippen LogP contribution < -0.4 is 10.2 Å². The minimum absolute atomic E-state index is 0.641. The highest BCUT2D eigenvalue weighted by molar-refractivity contribution is 9.10. The van der Waals surface area contributed by atoms with Crippen LogP contribution in [0.5, 0.6) is 0 Å². The molecule has 2 aliphatic rings. The van der Waals surface area contributed by atoms with Gasteiger partial charge in [-0.3, -0.25) is 4.90 Å². The van der Waals surface area contributed by atoms with E-state index in [-0.39, 0.29) is 0 Å². The molecule has 0 unspecified atom stereocenters. The zero-order valence-corrected chi connectivity index (χ0v) is 20.5. The Balaban J connectivity index is 1.43. The summed E-state index contributed by atoms with van der Waals surface area (Å²) in [6.45, 7) is 5.88. The molecule has 1 fully saturated rings. The summed E-state index contributed by atoms with van der Waals surface area (Å²) < 4.78 is 6.26. The van der Waals surface area contributed by atoms with E-state index in [2.05, 4.69) is 41.0 Å². The van der Waals surface area contributed by atoms with E-state index >= 15 is 0 Å². The highest BCUT2D eigenvalue weighted by atomic mass is 79.9. The van der Waals surface area contributed by atoms with E-state index in [9.17, 15) is 0 Å². The van der Waals surface area contributed by atoms with E-state index in [1.165, 1.54) is 0 Å². The summed E-state index contributed by atoms with van der Waals surface area (Å²) >= 11 is 9.83. The van der Waals surface area contributed by atoms with Crippen molar-refractivity contribution in [1.29, 1.82) is 0 Å². The van der Waals surface area contributed by atoms with Crippen molar-refractivity contribution in [2.45, 2.75) is 19.4 Å². The van der Waals surface area contributed by atoms with Gasteiger partial charge in [-0.2, -0.15) is 0 Å². The number of rotatable bonds is 6. The molecule has 0 atom stereocenters. The lowest BCUT2D eigenvalue weighted by molar-refractivity contribution is 0.0382. The van der Waals surface area contributed by atoms with Crippen LogP contribution in [-0.4, -0.2) is 64.2 Å². The van der Waals surface area contributed by atoms with Gasteiger partial charge in [-0.15, -0.1) is 0 Å². The summed E-state index contributed by atoms with van der Waals surface area (Å²) in [7, 11) is 0. The van der Waals surface area contributed by atoms with Crippen LogP contribution >= 0.6 is 27.5 Å². The molecule has 10 heteroatoms. The maximum absolute atomic E-state index is 6.43. The van der Waals surface area contributed by atoms with Gasteiger partial charge in [0.25, 0.3) is 0 Å². The Morgan fingerprint density at radius 2 is 1.97 bits per heavy atom. The van der Waals surface area contributed by atoms with Gasteiger partial charge in [-0.25, -0.2) is 19.9 Å². The Morgan fingerprint density at radius 1 is 1.09 bits per heavy atom. The minimum atomic E-state index is 0.641. The zero-order valence-electron chi connectivity index (χ0n) is 18.2. The number of anilines is 3. The number of halogens is 2. The van der Waals surface area contributed by atoms with Crippen LogP contribution in [0.3, 0.4) is 0 Å². The lowest BCUT2D eigenvalue weighted by Crippen LogP contribution is -2.38. The van der Waals surface area contributed by atoms with Gasteiger partial charge in [-0.05, 0) is 40.2 Å². The highest BCUT2D eigenvalue weighted by Gasteiger charge is 2.25. The molecule has 0 amide bonds. The van der Waals surface area contributed by atoms with E-state index in [0.29, 0.717) is 11.6 Å². The summed E-state index contributed by atoms with van der Waals surface area (Å²) in [5.41, 5.74) is 3.03. The fourth-order valence-corrected chi connectivity index (χ4v) is 4.62. The van der Waals surface area contributed by atoms with Crippen molar-refractivity contribution in [2.75, 3.05) is 49.6 Å². The van der Waals surface area contributed by atoms with Gasteiger partial charge in [0.05, 0.1) is 35.8 Å². The van der Waals surface area contributed by atoms with E-state index in [0.717, 1.165) is 91.2 Å². The number of fused-ring (bicyclic) bond motifs is 1. The van der Waals surface area contributed by atoms with Gasteiger partial charge in [0.1, 0.15) is 22.1 Å². The Bertz CT molecular complexity index is 1110. The molecule has 0 aliphatic carbocycles. The number of nitrogens with one attached hydrogen (secondary N) is 1. The fraction of sp³-hybridized carbons (Fsp3) is 0.391. The molecule has 33 heavy (non-hydrogen) atoms. The van der Waals surface area contributed by atoms with Crippen LogP contribution in [0.2, 0.25) is 5.02 Å². The summed E-state index contributed by atoms with van der Waals surface area (Å²) in [6.07, 6.45) is 5.18. The first-order chi connectivity index (χ1) is 16.2. The van der Waals surface area contributed by atoms with Crippen molar-refractivity contribution < 1.29 is 4.74 Å². The number of aromatic nitrogens is 4. The molecule has 1 saturated heterocycles. The minimum Gasteiger partial charge on any atom is -0.379 e. The average molecular weight is 531 g/mol. The third-order valence-electron chi connectivity index (χ3n) is 5.89. The maximum atomic E-state index is 6.43. The van der Waals surface area contributed by atoms with E-state index in [4.69, 9.17) is 26.3 Å². The summed E-state index contributed by atoms with van der Waals surface area (Å²) in [5.74, 6) is 2.47. The molecule has 5 heterocycles. The molecule has 172 valence electrons. The quantitative estimate of drug-likeness (QED) is 0.481. The van der Waals surface area contributed by atoms with Gasteiger partial charge in [-0.1, -0.05) is 11.6 Å². The Kier molecular flexibility index (Phi) is 7.01. The van der Waals surface area contributed by atoms with Crippen LogP contribution in [-0.2, 0) is 24.1 Å². The molecule has 2 aliphatic heterocycles. The maximum Gasteiger partial charge on any atom is 0.147 e. The number of pyridine rings is 2. The first-order valence-electron chi connectivity index (χ1n) is 11.1. The van der Waals surface area contributed by atoms with Gasteiger partial charge < -0.3 is 15.0 Å². The summed E-state index contributed by atoms with van der Waals surface area (Å²) in [4.78, 5) is 23.3. The number of ether oxygens (including phenoxy) is 1. The largest absolute Gasteiger partial charge is 0.379 e. The molecule has 0 spiro atoms. The summed E-state index contributed by atoms with van der Waals surface area (Å²) in [6, 6.07) is 7.61. The van der Waals surface area contributed by atoms with Crippen molar-refractivity contribution >= 4 is 44.9 Å².